The van der Waals surface area contributed by atoms with Gasteiger partial charge in [-0.1, -0.05) is 265 Å². The standard InChI is InChI=1S/C70H118O6/c1-4-7-10-13-16-19-22-24-26-28-29-30-31-32-33-34-35-36-37-38-39-40-41-43-44-46-48-51-54-57-60-63-69(72)75-66-67(65-74-68(71)62-59-56-53-50-21-18-15-12-9-6-3)76-70(73)64-61-58-55-52-49-47-45-42-27-25-23-20-17-14-11-8-5-2/h7,10,12,15-16,19,24-27,29-30,32-33,35-36,38-39,67H,4-6,8-9,11,13-14,17-18,20-23,28,31,34,37,40-66H2,1-3H3/b10-7-,15-12-,19-16-,26-24-,27-25-,30-29-,33-32-,36-35-,39-38-. The predicted octanol–water partition coefficient (Wildman–Crippen LogP) is 21.8. The normalized spacial score (nSPS) is 12.8. The first kappa shape index (κ1) is 72.1. The molecule has 0 aliphatic rings. The molecule has 0 spiro atoms. The summed E-state index contributed by atoms with van der Waals surface area (Å²) in [5, 5.41) is 0. The van der Waals surface area contributed by atoms with Gasteiger partial charge in [0, 0.05) is 19.3 Å². The van der Waals surface area contributed by atoms with Crippen molar-refractivity contribution >= 4 is 17.9 Å². The number of rotatable bonds is 57. The van der Waals surface area contributed by atoms with Gasteiger partial charge >= 0.3 is 17.9 Å². The third-order valence-electron chi connectivity index (χ3n) is 13.5. The SMILES string of the molecule is CC/C=C\C/C=C\C/C=C\C/C=C\C/C=C\C/C=C\C/C=C\CCCCCCCCCCCC(=O)OCC(COC(=O)CCCCCCC/C=C\CCC)OC(=O)CCCCCCCCC/C=C\CCCCCCCC. The highest BCUT2D eigenvalue weighted by Gasteiger charge is 2.19. The van der Waals surface area contributed by atoms with Crippen LogP contribution in [-0.4, -0.2) is 37.2 Å². The second-order valence-electron chi connectivity index (χ2n) is 20.9. The molecule has 76 heavy (non-hydrogen) atoms. The lowest BCUT2D eigenvalue weighted by molar-refractivity contribution is -0.167. The van der Waals surface area contributed by atoms with E-state index >= 15 is 0 Å². The summed E-state index contributed by atoms with van der Waals surface area (Å²) in [5.74, 6) is -0.901. The lowest BCUT2D eigenvalue weighted by Gasteiger charge is -2.18. The van der Waals surface area contributed by atoms with Crippen molar-refractivity contribution < 1.29 is 28.6 Å². The molecule has 0 aromatic heterocycles. The van der Waals surface area contributed by atoms with Crippen molar-refractivity contribution in [3.8, 4) is 0 Å². The van der Waals surface area contributed by atoms with Crippen LogP contribution in [0.5, 0.6) is 0 Å². The molecular formula is C70H118O6. The highest BCUT2D eigenvalue weighted by molar-refractivity contribution is 5.71. The van der Waals surface area contributed by atoms with E-state index in [0.717, 1.165) is 122 Å². The summed E-state index contributed by atoms with van der Waals surface area (Å²) in [5.41, 5.74) is 0. The Kier molecular flexibility index (Phi) is 60.3. The number of carbonyl (C=O) groups excluding carboxylic acids is 3. The molecule has 434 valence electrons. The van der Waals surface area contributed by atoms with Gasteiger partial charge in [-0.25, -0.2) is 0 Å². The highest BCUT2D eigenvalue weighted by atomic mass is 16.6. The summed E-state index contributed by atoms with van der Waals surface area (Å²) in [7, 11) is 0. The largest absolute Gasteiger partial charge is 0.462 e. The van der Waals surface area contributed by atoms with Crippen LogP contribution in [0.3, 0.4) is 0 Å². The van der Waals surface area contributed by atoms with Gasteiger partial charge in [-0.2, -0.15) is 0 Å². The summed E-state index contributed by atoms with van der Waals surface area (Å²) >= 11 is 0. The molecule has 1 atom stereocenters. The number of hydrogen-bond donors (Lipinski definition) is 0. The van der Waals surface area contributed by atoms with Crippen molar-refractivity contribution in [2.75, 3.05) is 13.2 Å². The van der Waals surface area contributed by atoms with E-state index in [1.807, 2.05) is 0 Å². The fraction of sp³-hybridized carbons (Fsp3) is 0.700. The van der Waals surface area contributed by atoms with Gasteiger partial charge in [0.1, 0.15) is 13.2 Å². The fourth-order valence-corrected chi connectivity index (χ4v) is 8.71. The molecule has 0 aromatic rings. The van der Waals surface area contributed by atoms with Crippen LogP contribution in [0.2, 0.25) is 0 Å². The second kappa shape index (κ2) is 63.6. The monoisotopic (exact) mass is 1050 g/mol. The smallest absolute Gasteiger partial charge is 0.306 e. The maximum Gasteiger partial charge on any atom is 0.306 e. The van der Waals surface area contributed by atoms with E-state index < -0.39 is 6.10 Å². The average molecular weight is 1060 g/mol. The Morgan fingerprint density at radius 2 is 0.539 bits per heavy atom. The van der Waals surface area contributed by atoms with Crippen LogP contribution in [-0.2, 0) is 28.6 Å². The van der Waals surface area contributed by atoms with E-state index in [1.165, 1.54) is 135 Å². The molecular weight excluding hydrogens is 937 g/mol. The number of ether oxygens (including phenoxy) is 3. The highest BCUT2D eigenvalue weighted by Crippen LogP contribution is 2.15. The van der Waals surface area contributed by atoms with Gasteiger partial charge in [-0.15, -0.1) is 0 Å². The number of esters is 3. The molecule has 0 amide bonds. The lowest BCUT2D eigenvalue weighted by Crippen LogP contribution is -2.30. The number of unbranched alkanes of at least 4 members (excludes halogenated alkanes) is 28. The molecule has 0 heterocycles. The Hall–Kier alpha value is -3.93. The predicted molar refractivity (Wildman–Crippen MR) is 330 cm³/mol. The van der Waals surface area contributed by atoms with E-state index in [4.69, 9.17) is 14.2 Å². The topological polar surface area (TPSA) is 78.9 Å². The maximum absolute atomic E-state index is 12.9. The van der Waals surface area contributed by atoms with Crippen LogP contribution >= 0.6 is 0 Å². The Balaban J connectivity index is 4.23. The molecule has 1 unspecified atom stereocenters. The number of allylic oxidation sites excluding steroid dienone is 18. The first-order valence-corrected chi connectivity index (χ1v) is 31.9. The van der Waals surface area contributed by atoms with E-state index in [0.29, 0.717) is 19.3 Å². The summed E-state index contributed by atoms with van der Waals surface area (Å²) in [4.78, 5) is 38.2. The minimum absolute atomic E-state index is 0.0853. The van der Waals surface area contributed by atoms with Gasteiger partial charge in [0.2, 0.25) is 0 Å². The summed E-state index contributed by atoms with van der Waals surface area (Å²) < 4.78 is 16.9. The van der Waals surface area contributed by atoms with Crippen LogP contribution in [0.15, 0.2) is 109 Å². The molecule has 0 bridgehead atoms. The Morgan fingerprint density at radius 1 is 0.276 bits per heavy atom. The van der Waals surface area contributed by atoms with Gasteiger partial charge in [0.05, 0.1) is 0 Å². The third kappa shape index (κ3) is 60.9. The molecule has 0 aromatic carbocycles. The second-order valence-corrected chi connectivity index (χ2v) is 20.9. The van der Waals surface area contributed by atoms with Crippen molar-refractivity contribution in [2.45, 2.75) is 303 Å². The van der Waals surface area contributed by atoms with Gasteiger partial charge in [-0.3, -0.25) is 14.4 Å². The van der Waals surface area contributed by atoms with Crippen LogP contribution in [0.25, 0.3) is 0 Å². The van der Waals surface area contributed by atoms with Crippen LogP contribution in [0, 0.1) is 0 Å². The molecule has 0 aliphatic carbocycles. The van der Waals surface area contributed by atoms with Crippen LogP contribution in [0.1, 0.15) is 297 Å². The van der Waals surface area contributed by atoms with Crippen LogP contribution < -0.4 is 0 Å². The Bertz CT molecular complexity index is 1540. The Labute approximate surface area is 470 Å². The van der Waals surface area contributed by atoms with Crippen molar-refractivity contribution in [3.05, 3.63) is 109 Å². The van der Waals surface area contributed by atoms with Crippen molar-refractivity contribution in [1.82, 2.24) is 0 Å². The molecule has 6 nitrogen and oxygen atoms in total. The minimum atomic E-state index is -0.787. The van der Waals surface area contributed by atoms with E-state index in [2.05, 4.69) is 130 Å². The molecule has 0 saturated heterocycles. The van der Waals surface area contributed by atoms with E-state index in [-0.39, 0.29) is 31.1 Å². The zero-order valence-electron chi connectivity index (χ0n) is 49.7. The first-order valence-electron chi connectivity index (χ1n) is 31.9. The third-order valence-corrected chi connectivity index (χ3v) is 13.5. The minimum Gasteiger partial charge on any atom is -0.462 e. The van der Waals surface area contributed by atoms with Crippen molar-refractivity contribution in [1.29, 1.82) is 0 Å². The molecule has 0 radical (unpaired) electrons. The van der Waals surface area contributed by atoms with E-state index in [1.54, 1.807) is 0 Å². The molecule has 0 aliphatic heterocycles. The molecule has 0 saturated carbocycles. The van der Waals surface area contributed by atoms with E-state index in [9.17, 15) is 14.4 Å². The number of hydrogen-bond acceptors (Lipinski definition) is 6. The zero-order valence-corrected chi connectivity index (χ0v) is 49.7. The quantitative estimate of drug-likeness (QED) is 0.0261. The molecule has 0 N–H and O–H groups in total. The molecule has 6 heteroatoms. The summed E-state index contributed by atoms with van der Waals surface area (Å²) in [6.45, 7) is 6.46. The van der Waals surface area contributed by atoms with Crippen molar-refractivity contribution in [3.63, 3.8) is 0 Å². The fourth-order valence-electron chi connectivity index (χ4n) is 8.71. The van der Waals surface area contributed by atoms with Gasteiger partial charge in [0.15, 0.2) is 6.10 Å². The zero-order chi connectivity index (χ0) is 55.0. The summed E-state index contributed by atoms with van der Waals surface area (Å²) in [6, 6.07) is 0. The van der Waals surface area contributed by atoms with Gasteiger partial charge in [-0.05, 0) is 122 Å². The first-order chi connectivity index (χ1) is 37.5. The lowest BCUT2D eigenvalue weighted by atomic mass is 10.1. The summed E-state index contributed by atoms with van der Waals surface area (Å²) in [6.07, 6.45) is 86.7. The Morgan fingerprint density at radius 3 is 0.868 bits per heavy atom. The average Bonchev–Trinajstić information content (AvgIpc) is 3.42. The number of carbonyl (C=O) groups is 3. The van der Waals surface area contributed by atoms with Gasteiger partial charge in [0.25, 0.3) is 0 Å². The molecule has 0 rings (SSSR count). The van der Waals surface area contributed by atoms with Crippen LogP contribution in [0.4, 0.5) is 0 Å². The molecule has 0 fully saturated rings. The maximum atomic E-state index is 12.9. The van der Waals surface area contributed by atoms with Gasteiger partial charge < -0.3 is 14.2 Å². The van der Waals surface area contributed by atoms with Crippen molar-refractivity contribution in [2.24, 2.45) is 0 Å².